The number of rotatable bonds is 15. The Morgan fingerprint density at radius 2 is 1.57 bits per heavy atom. The highest BCUT2D eigenvalue weighted by molar-refractivity contribution is 4.97. The van der Waals surface area contributed by atoms with Gasteiger partial charge < -0.3 is 60.4 Å². The molecule has 1 aliphatic rings. The van der Waals surface area contributed by atoms with Crippen LogP contribution in [0.4, 0.5) is 0 Å². The summed E-state index contributed by atoms with van der Waals surface area (Å²) in [5.74, 6) is -0.734. The smallest absolute Gasteiger partial charge is 0.183 e. The van der Waals surface area contributed by atoms with E-state index in [1.54, 1.807) is 13.8 Å². The molecule has 12 heteroatoms. The molecule has 35 heavy (non-hydrogen) atoms. The summed E-state index contributed by atoms with van der Waals surface area (Å²) in [6.45, 7) is 9.72. The van der Waals surface area contributed by atoms with Crippen LogP contribution in [-0.2, 0) is 18.9 Å². The van der Waals surface area contributed by atoms with E-state index in [9.17, 15) is 30.6 Å². The molecule has 0 bridgehead atoms. The van der Waals surface area contributed by atoms with Gasteiger partial charge in [-0.25, -0.2) is 0 Å². The van der Waals surface area contributed by atoms with E-state index in [4.69, 9.17) is 29.8 Å². The third-order valence-electron chi connectivity index (χ3n) is 6.31. The van der Waals surface area contributed by atoms with Crippen LogP contribution >= 0.6 is 0 Å². The zero-order chi connectivity index (χ0) is 27.1. The van der Waals surface area contributed by atoms with Gasteiger partial charge in [0.1, 0.15) is 30.5 Å². The Morgan fingerprint density at radius 1 is 0.971 bits per heavy atom. The van der Waals surface area contributed by atoms with Crippen molar-refractivity contribution in [1.29, 1.82) is 0 Å². The summed E-state index contributed by atoms with van der Waals surface area (Å²) in [5, 5.41) is 70.1. The average molecular weight is 514 g/mol. The Hall–Kier alpha value is -0.480. The second kappa shape index (κ2) is 14.5. The largest absolute Gasteiger partial charge is 0.396 e. The van der Waals surface area contributed by atoms with Crippen molar-refractivity contribution in [2.45, 2.75) is 115 Å². The first-order chi connectivity index (χ1) is 16.2. The van der Waals surface area contributed by atoms with Gasteiger partial charge in [0.2, 0.25) is 0 Å². The molecule has 1 rings (SSSR count). The predicted octanol–water partition coefficient (Wildman–Crippen LogP) is -1.95. The number of aliphatic hydroxyl groups is 7. The molecule has 1 heterocycles. The highest BCUT2D eigenvalue weighted by Crippen LogP contribution is 2.36. The van der Waals surface area contributed by atoms with Gasteiger partial charge >= 0.3 is 0 Å². The molecule has 12 atom stereocenters. The molecule has 0 aromatic carbocycles. The Bertz CT molecular complexity index is 592. The van der Waals surface area contributed by atoms with E-state index in [0.29, 0.717) is 6.42 Å². The Labute approximate surface area is 207 Å². The molecule has 1 saturated heterocycles. The van der Waals surface area contributed by atoms with E-state index in [1.807, 2.05) is 20.8 Å². The summed E-state index contributed by atoms with van der Waals surface area (Å²) in [6, 6.07) is 0. The summed E-state index contributed by atoms with van der Waals surface area (Å²) in [6.07, 6.45) is -12.3. The SMILES string of the molecule is CC[C@H](OC1C(CO)OC(C(C)(C)C)C1O)O[C@@H](CN)C(C)OC(O)C(O)C(O)C(O)C(C)CO. The first kappa shape index (κ1) is 32.5. The van der Waals surface area contributed by atoms with Crippen molar-refractivity contribution in [3.8, 4) is 0 Å². The molecule has 0 aromatic heterocycles. The van der Waals surface area contributed by atoms with E-state index in [2.05, 4.69) is 0 Å². The molecule has 12 nitrogen and oxygen atoms in total. The molecule has 0 amide bonds. The lowest BCUT2D eigenvalue weighted by molar-refractivity contribution is -0.263. The maximum absolute atomic E-state index is 10.8. The molecule has 10 unspecified atom stereocenters. The van der Waals surface area contributed by atoms with Crippen molar-refractivity contribution in [3.05, 3.63) is 0 Å². The van der Waals surface area contributed by atoms with Gasteiger partial charge in [-0.2, -0.15) is 0 Å². The minimum absolute atomic E-state index is 0.0473. The molecule has 0 aromatic rings. The van der Waals surface area contributed by atoms with Gasteiger partial charge in [-0.3, -0.25) is 0 Å². The van der Waals surface area contributed by atoms with E-state index in [0.717, 1.165) is 0 Å². The second-order valence-electron chi connectivity index (χ2n) is 10.3. The molecular formula is C23H47NO11. The lowest BCUT2D eigenvalue weighted by atomic mass is 9.85. The number of hydrogen-bond acceptors (Lipinski definition) is 12. The van der Waals surface area contributed by atoms with Crippen molar-refractivity contribution in [2.24, 2.45) is 17.1 Å². The van der Waals surface area contributed by atoms with Crippen LogP contribution in [0.15, 0.2) is 0 Å². The van der Waals surface area contributed by atoms with Crippen molar-refractivity contribution in [1.82, 2.24) is 0 Å². The zero-order valence-corrected chi connectivity index (χ0v) is 21.6. The van der Waals surface area contributed by atoms with Gasteiger partial charge in [-0.1, -0.05) is 34.6 Å². The zero-order valence-electron chi connectivity index (χ0n) is 21.6. The van der Waals surface area contributed by atoms with Gasteiger partial charge in [0.05, 0.1) is 31.0 Å². The quantitative estimate of drug-likeness (QED) is 0.113. The third kappa shape index (κ3) is 8.80. The third-order valence-corrected chi connectivity index (χ3v) is 6.31. The molecule has 0 aliphatic carbocycles. The maximum atomic E-state index is 10.8. The van der Waals surface area contributed by atoms with E-state index >= 15 is 0 Å². The van der Waals surface area contributed by atoms with Gasteiger partial charge in [-0.05, 0) is 18.8 Å². The summed E-state index contributed by atoms with van der Waals surface area (Å²) in [7, 11) is 0. The van der Waals surface area contributed by atoms with Crippen molar-refractivity contribution in [3.63, 3.8) is 0 Å². The Balaban J connectivity index is 2.79. The molecular weight excluding hydrogens is 466 g/mol. The fourth-order valence-corrected chi connectivity index (χ4v) is 3.93. The minimum Gasteiger partial charge on any atom is -0.396 e. The highest BCUT2D eigenvalue weighted by Gasteiger charge is 2.49. The lowest BCUT2D eigenvalue weighted by Gasteiger charge is -2.34. The van der Waals surface area contributed by atoms with Crippen LogP contribution in [0.3, 0.4) is 0 Å². The standard InChI is InChI=1S/C23H47NO11/c1-7-15(35-20-14(10-26)34-21(19(20)30)23(4,5)6)33-13(8-24)12(3)32-22(31)18(29)17(28)16(27)11(2)9-25/h11-22,25-31H,7-10,24H2,1-6H3/t11?,12?,13-,14?,15-,16?,17?,18?,19?,20?,21?,22?/m0/s1. The van der Waals surface area contributed by atoms with Crippen LogP contribution in [0, 0.1) is 11.3 Å². The lowest BCUT2D eigenvalue weighted by Crippen LogP contribution is -2.51. The van der Waals surface area contributed by atoms with Crippen molar-refractivity contribution >= 4 is 0 Å². The molecule has 0 saturated carbocycles. The highest BCUT2D eigenvalue weighted by atomic mass is 16.7. The normalized spacial score (nSPS) is 30.3. The molecule has 210 valence electrons. The average Bonchev–Trinajstić information content (AvgIpc) is 3.14. The summed E-state index contributed by atoms with van der Waals surface area (Å²) in [5.41, 5.74) is 5.44. The number of aliphatic hydroxyl groups excluding tert-OH is 7. The van der Waals surface area contributed by atoms with Crippen LogP contribution in [0.1, 0.15) is 48.0 Å². The van der Waals surface area contributed by atoms with Gasteiger partial charge in [-0.15, -0.1) is 0 Å². The topological polar surface area (TPSA) is 205 Å². The number of nitrogens with two attached hydrogens (primary N) is 1. The summed E-state index contributed by atoms with van der Waals surface area (Å²) >= 11 is 0. The fraction of sp³-hybridized carbons (Fsp3) is 1.00. The Kier molecular flexibility index (Phi) is 13.4. The van der Waals surface area contributed by atoms with Crippen molar-refractivity contribution < 1.29 is 54.7 Å². The predicted molar refractivity (Wildman–Crippen MR) is 125 cm³/mol. The van der Waals surface area contributed by atoms with Crippen LogP contribution in [0.5, 0.6) is 0 Å². The van der Waals surface area contributed by atoms with Crippen LogP contribution in [0.2, 0.25) is 0 Å². The van der Waals surface area contributed by atoms with Crippen molar-refractivity contribution in [2.75, 3.05) is 19.8 Å². The Morgan fingerprint density at radius 3 is 2.03 bits per heavy atom. The fourth-order valence-electron chi connectivity index (χ4n) is 3.93. The first-order valence-corrected chi connectivity index (χ1v) is 12.2. The number of hydrogen-bond donors (Lipinski definition) is 8. The minimum atomic E-state index is -1.88. The molecule has 9 N–H and O–H groups in total. The van der Waals surface area contributed by atoms with Gasteiger partial charge in [0.15, 0.2) is 12.6 Å². The van der Waals surface area contributed by atoms with E-state index in [1.165, 1.54) is 6.92 Å². The monoisotopic (exact) mass is 513 g/mol. The van der Waals surface area contributed by atoms with E-state index in [-0.39, 0.29) is 18.6 Å². The van der Waals surface area contributed by atoms with Gasteiger partial charge in [0.25, 0.3) is 0 Å². The molecule has 0 spiro atoms. The van der Waals surface area contributed by atoms with Gasteiger partial charge in [0, 0.05) is 19.1 Å². The van der Waals surface area contributed by atoms with E-state index < -0.39 is 80.0 Å². The van der Waals surface area contributed by atoms with Crippen LogP contribution in [0.25, 0.3) is 0 Å². The molecule has 1 fully saturated rings. The second-order valence-corrected chi connectivity index (χ2v) is 10.3. The maximum Gasteiger partial charge on any atom is 0.183 e. The summed E-state index contributed by atoms with van der Waals surface area (Å²) in [4.78, 5) is 0. The summed E-state index contributed by atoms with van der Waals surface area (Å²) < 4.78 is 23.1. The van der Waals surface area contributed by atoms with Crippen LogP contribution < -0.4 is 5.73 Å². The first-order valence-electron chi connectivity index (χ1n) is 12.2. The number of ether oxygens (including phenoxy) is 4. The van der Waals surface area contributed by atoms with Crippen LogP contribution in [-0.4, -0.2) is 123 Å². The molecule has 0 radical (unpaired) electrons. The molecule has 1 aliphatic heterocycles.